The zero-order valence-electron chi connectivity index (χ0n) is 11.2. The quantitative estimate of drug-likeness (QED) is 0.869. The van der Waals surface area contributed by atoms with Gasteiger partial charge in [-0.25, -0.2) is 18.4 Å². The van der Waals surface area contributed by atoms with Crippen molar-refractivity contribution in [1.82, 2.24) is 0 Å². The van der Waals surface area contributed by atoms with Crippen molar-refractivity contribution in [2.24, 2.45) is 5.14 Å². The molecule has 1 unspecified atom stereocenters. The van der Waals surface area contributed by atoms with Gasteiger partial charge in [-0.15, -0.1) is 0 Å². The molecule has 0 amide bonds. The molecule has 1 atom stereocenters. The van der Waals surface area contributed by atoms with Crippen LogP contribution in [0, 0.1) is 0 Å². The Bertz CT molecular complexity index is 612. The lowest BCUT2D eigenvalue weighted by atomic mass is 9.92. The van der Waals surface area contributed by atoms with Crippen molar-refractivity contribution in [1.29, 1.82) is 0 Å². The Morgan fingerprint density at radius 3 is 2.45 bits per heavy atom. The lowest BCUT2D eigenvalue weighted by Crippen LogP contribution is -2.50. The standard InChI is InChI=1S/C13H18N2O4S/c1-2-13(12(16)17)8-3-9-15(13)10-4-6-11(7-5-10)20(14,18)19/h4-7H,2-3,8-9H2,1H3,(H,16,17)(H2,14,18,19). The van der Waals surface area contributed by atoms with Crippen LogP contribution in [0.5, 0.6) is 0 Å². The molecule has 0 bridgehead atoms. The average Bonchev–Trinajstić information content (AvgIpc) is 2.83. The summed E-state index contributed by atoms with van der Waals surface area (Å²) in [6.45, 7) is 2.50. The van der Waals surface area contributed by atoms with Crippen LogP contribution in [0.2, 0.25) is 0 Å². The van der Waals surface area contributed by atoms with Gasteiger partial charge in [0.2, 0.25) is 10.0 Å². The average molecular weight is 298 g/mol. The van der Waals surface area contributed by atoms with Gasteiger partial charge in [0, 0.05) is 12.2 Å². The molecule has 1 heterocycles. The second-order valence-corrected chi connectivity index (χ2v) is 6.55. The Hall–Kier alpha value is -1.60. The largest absolute Gasteiger partial charge is 0.479 e. The van der Waals surface area contributed by atoms with E-state index in [0.717, 1.165) is 6.42 Å². The minimum Gasteiger partial charge on any atom is -0.479 e. The number of aliphatic carboxylic acids is 1. The van der Waals surface area contributed by atoms with Crippen molar-refractivity contribution < 1.29 is 18.3 Å². The predicted molar refractivity (Wildman–Crippen MR) is 75.1 cm³/mol. The van der Waals surface area contributed by atoms with Gasteiger partial charge >= 0.3 is 5.97 Å². The number of hydrogen-bond acceptors (Lipinski definition) is 4. The maximum absolute atomic E-state index is 11.6. The first-order valence-electron chi connectivity index (χ1n) is 6.45. The number of carboxylic acid groups (broad SMARTS) is 1. The van der Waals surface area contributed by atoms with E-state index in [1.54, 1.807) is 12.1 Å². The molecular formula is C13H18N2O4S. The van der Waals surface area contributed by atoms with Gasteiger partial charge in [-0.1, -0.05) is 6.92 Å². The Balaban J connectivity index is 2.38. The lowest BCUT2D eigenvalue weighted by molar-refractivity contribution is -0.143. The lowest BCUT2D eigenvalue weighted by Gasteiger charge is -2.35. The van der Waals surface area contributed by atoms with Crippen LogP contribution in [-0.2, 0) is 14.8 Å². The van der Waals surface area contributed by atoms with E-state index in [4.69, 9.17) is 5.14 Å². The van der Waals surface area contributed by atoms with E-state index in [2.05, 4.69) is 0 Å². The molecular weight excluding hydrogens is 280 g/mol. The number of carbonyl (C=O) groups is 1. The van der Waals surface area contributed by atoms with E-state index < -0.39 is 21.5 Å². The number of anilines is 1. The van der Waals surface area contributed by atoms with E-state index in [1.165, 1.54) is 12.1 Å². The molecule has 1 aliphatic heterocycles. The summed E-state index contributed by atoms with van der Waals surface area (Å²) in [6, 6.07) is 6.04. The highest BCUT2D eigenvalue weighted by molar-refractivity contribution is 7.89. The summed E-state index contributed by atoms with van der Waals surface area (Å²) in [7, 11) is -3.73. The van der Waals surface area contributed by atoms with E-state index in [0.29, 0.717) is 25.1 Å². The van der Waals surface area contributed by atoms with Crippen LogP contribution in [0.15, 0.2) is 29.2 Å². The van der Waals surface area contributed by atoms with E-state index in [-0.39, 0.29) is 4.90 Å². The fourth-order valence-electron chi connectivity index (χ4n) is 2.81. The van der Waals surface area contributed by atoms with Crippen molar-refractivity contribution >= 4 is 21.7 Å². The van der Waals surface area contributed by atoms with Crippen molar-refractivity contribution in [2.75, 3.05) is 11.4 Å². The topological polar surface area (TPSA) is 101 Å². The predicted octanol–water partition coefficient (Wildman–Crippen LogP) is 1.17. The maximum Gasteiger partial charge on any atom is 0.329 e. The molecule has 1 saturated heterocycles. The summed E-state index contributed by atoms with van der Waals surface area (Å²) < 4.78 is 22.5. The molecule has 0 radical (unpaired) electrons. The molecule has 20 heavy (non-hydrogen) atoms. The fraction of sp³-hybridized carbons (Fsp3) is 0.462. The van der Waals surface area contributed by atoms with Gasteiger partial charge in [0.25, 0.3) is 0 Å². The molecule has 0 aromatic heterocycles. The number of primary sulfonamides is 1. The molecule has 0 saturated carbocycles. The zero-order chi connectivity index (χ0) is 15.0. The Morgan fingerprint density at radius 2 is 2.00 bits per heavy atom. The van der Waals surface area contributed by atoms with Crippen LogP contribution in [-0.4, -0.2) is 31.6 Å². The minimum atomic E-state index is -3.73. The highest BCUT2D eigenvalue weighted by atomic mass is 32.2. The van der Waals surface area contributed by atoms with Crippen molar-refractivity contribution in [3.8, 4) is 0 Å². The highest BCUT2D eigenvalue weighted by Gasteiger charge is 2.46. The van der Waals surface area contributed by atoms with Crippen LogP contribution in [0.1, 0.15) is 26.2 Å². The van der Waals surface area contributed by atoms with Gasteiger partial charge in [-0.05, 0) is 43.5 Å². The van der Waals surface area contributed by atoms with Gasteiger partial charge in [-0.2, -0.15) is 0 Å². The number of carboxylic acids is 1. The Morgan fingerprint density at radius 1 is 1.40 bits per heavy atom. The summed E-state index contributed by atoms with van der Waals surface area (Å²) in [5.74, 6) is -0.840. The number of nitrogens with zero attached hydrogens (tertiary/aromatic N) is 1. The number of hydrogen-bond donors (Lipinski definition) is 2. The summed E-state index contributed by atoms with van der Waals surface area (Å²) in [5, 5.41) is 14.6. The minimum absolute atomic E-state index is 0.0258. The zero-order valence-corrected chi connectivity index (χ0v) is 12.1. The summed E-state index contributed by atoms with van der Waals surface area (Å²) in [6.07, 6.45) is 1.89. The first kappa shape index (κ1) is 14.8. The molecule has 0 spiro atoms. The molecule has 1 aromatic rings. The Kier molecular flexibility index (Phi) is 3.75. The van der Waals surface area contributed by atoms with Gasteiger partial charge in [-0.3, -0.25) is 0 Å². The first-order chi connectivity index (χ1) is 9.31. The first-order valence-corrected chi connectivity index (χ1v) is 8.00. The molecule has 1 aliphatic rings. The van der Waals surface area contributed by atoms with Crippen LogP contribution >= 0.6 is 0 Å². The smallest absolute Gasteiger partial charge is 0.329 e. The molecule has 110 valence electrons. The number of sulfonamides is 1. The number of benzene rings is 1. The molecule has 2 rings (SSSR count). The van der Waals surface area contributed by atoms with Crippen LogP contribution in [0.3, 0.4) is 0 Å². The van der Waals surface area contributed by atoms with Crippen molar-refractivity contribution in [3.05, 3.63) is 24.3 Å². The van der Waals surface area contributed by atoms with Crippen LogP contribution in [0.25, 0.3) is 0 Å². The molecule has 0 aliphatic carbocycles. The summed E-state index contributed by atoms with van der Waals surface area (Å²) in [5.41, 5.74) is -0.192. The SMILES string of the molecule is CCC1(C(=O)O)CCCN1c1ccc(S(N)(=O)=O)cc1. The molecule has 3 N–H and O–H groups in total. The normalized spacial score (nSPS) is 23.0. The van der Waals surface area contributed by atoms with Gasteiger partial charge in [0.1, 0.15) is 5.54 Å². The third-order valence-electron chi connectivity index (χ3n) is 3.95. The van der Waals surface area contributed by atoms with E-state index >= 15 is 0 Å². The second kappa shape index (κ2) is 5.06. The Labute approximate surface area is 118 Å². The molecule has 7 heteroatoms. The molecule has 6 nitrogen and oxygen atoms in total. The van der Waals surface area contributed by atoms with Crippen molar-refractivity contribution in [3.63, 3.8) is 0 Å². The van der Waals surface area contributed by atoms with E-state index in [9.17, 15) is 18.3 Å². The monoisotopic (exact) mass is 298 g/mol. The molecule has 1 aromatic carbocycles. The van der Waals surface area contributed by atoms with Crippen molar-refractivity contribution in [2.45, 2.75) is 36.6 Å². The van der Waals surface area contributed by atoms with Crippen LogP contribution in [0.4, 0.5) is 5.69 Å². The fourth-order valence-corrected chi connectivity index (χ4v) is 3.33. The summed E-state index contributed by atoms with van der Waals surface area (Å²) in [4.78, 5) is 13.5. The van der Waals surface area contributed by atoms with Gasteiger partial charge in [0.15, 0.2) is 0 Å². The number of nitrogens with two attached hydrogens (primary N) is 1. The van der Waals surface area contributed by atoms with Gasteiger partial charge < -0.3 is 10.0 Å². The maximum atomic E-state index is 11.6. The number of rotatable bonds is 4. The van der Waals surface area contributed by atoms with Gasteiger partial charge in [0.05, 0.1) is 4.90 Å². The van der Waals surface area contributed by atoms with E-state index in [1.807, 2.05) is 11.8 Å². The van der Waals surface area contributed by atoms with Crippen LogP contribution < -0.4 is 10.0 Å². The summed E-state index contributed by atoms with van der Waals surface area (Å²) >= 11 is 0. The molecule has 1 fully saturated rings. The third kappa shape index (κ3) is 2.38. The highest BCUT2D eigenvalue weighted by Crippen LogP contribution is 2.37. The third-order valence-corrected chi connectivity index (χ3v) is 4.88. The second-order valence-electron chi connectivity index (χ2n) is 4.98.